The standard InChI is InChI=1S/C15H17ClN4O3S/c16-11-6-4-10(5-7-11)14-17-18-15(24)20(14)9-12(21)19-23-13-3-1-2-8-22-13/h4-7,13H,1-3,8-9H2,(H,18,24)(H,19,21). The van der Waals surface area contributed by atoms with Gasteiger partial charge in [-0.25, -0.2) is 10.3 Å². The average Bonchev–Trinajstić information content (AvgIpc) is 2.95. The van der Waals surface area contributed by atoms with Crippen molar-refractivity contribution in [2.24, 2.45) is 0 Å². The highest BCUT2D eigenvalue weighted by Crippen LogP contribution is 2.20. The molecule has 3 rings (SSSR count). The maximum absolute atomic E-state index is 12.1. The molecule has 1 amide bonds. The first-order valence-corrected chi connectivity index (χ1v) is 8.39. The van der Waals surface area contributed by atoms with E-state index in [1.165, 1.54) is 0 Å². The molecule has 1 aromatic heterocycles. The number of hydrogen-bond acceptors (Lipinski definition) is 5. The van der Waals surface area contributed by atoms with Crippen LogP contribution in [0.25, 0.3) is 11.4 Å². The molecule has 1 aliphatic heterocycles. The highest BCUT2D eigenvalue weighted by Gasteiger charge is 2.17. The summed E-state index contributed by atoms with van der Waals surface area (Å²) in [7, 11) is 0. The van der Waals surface area contributed by atoms with Gasteiger partial charge in [0.05, 0.1) is 0 Å². The number of hydrogen-bond donors (Lipinski definition) is 2. The van der Waals surface area contributed by atoms with Crippen molar-refractivity contribution in [1.82, 2.24) is 20.2 Å². The second kappa shape index (κ2) is 7.89. The molecule has 9 heteroatoms. The molecule has 1 aliphatic rings. The third-order valence-electron chi connectivity index (χ3n) is 3.60. The summed E-state index contributed by atoms with van der Waals surface area (Å²) in [5, 5.41) is 7.50. The van der Waals surface area contributed by atoms with Crippen LogP contribution < -0.4 is 5.48 Å². The number of ether oxygens (including phenoxy) is 1. The summed E-state index contributed by atoms with van der Waals surface area (Å²) in [5.41, 5.74) is 3.21. The van der Waals surface area contributed by atoms with Crippen molar-refractivity contribution >= 4 is 29.7 Å². The van der Waals surface area contributed by atoms with Gasteiger partial charge in [-0.15, -0.1) is 0 Å². The number of halogens is 1. The van der Waals surface area contributed by atoms with Crippen molar-refractivity contribution in [3.63, 3.8) is 0 Å². The summed E-state index contributed by atoms with van der Waals surface area (Å²) in [6.45, 7) is 0.633. The zero-order valence-corrected chi connectivity index (χ0v) is 14.4. The molecule has 2 aromatic rings. The van der Waals surface area contributed by atoms with Gasteiger partial charge in [-0.1, -0.05) is 11.6 Å². The minimum absolute atomic E-state index is 0.0139. The highest BCUT2D eigenvalue weighted by molar-refractivity contribution is 7.71. The van der Waals surface area contributed by atoms with Gasteiger partial charge in [0.25, 0.3) is 5.91 Å². The molecule has 0 spiro atoms. The lowest BCUT2D eigenvalue weighted by molar-refractivity contribution is -0.200. The largest absolute Gasteiger partial charge is 0.350 e. The molecule has 1 fully saturated rings. The molecule has 1 aromatic carbocycles. The summed E-state index contributed by atoms with van der Waals surface area (Å²) < 4.78 is 7.34. The minimum Gasteiger partial charge on any atom is -0.350 e. The van der Waals surface area contributed by atoms with Crippen LogP contribution in [-0.4, -0.2) is 33.6 Å². The number of H-pyrrole nitrogens is 1. The fourth-order valence-electron chi connectivity index (χ4n) is 2.40. The van der Waals surface area contributed by atoms with E-state index in [1.807, 2.05) is 12.1 Å². The number of carbonyl (C=O) groups excluding carboxylic acids is 1. The molecule has 2 N–H and O–H groups in total. The van der Waals surface area contributed by atoms with E-state index in [-0.39, 0.29) is 12.5 Å². The van der Waals surface area contributed by atoms with Crippen LogP contribution in [0.4, 0.5) is 0 Å². The summed E-state index contributed by atoms with van der Waals surface area (Å²) in [5.74, 6) is 0.220. The molecule has 24 heavy (non-hydrogen) atoms. The van der Waals surface area contributed by atoms with E-state index in [2.05, 4.69) is 15.7 Å². The summed E-state index contributed by atoms with van der Waals surface area (Å²) in [4.78, 5) is 17.4. The smallest absolute Gasteiger partial charge is 0.263 e. The van der Waals surface area contributed by atoms with Crippen LogP contribution in [0, 0.1) is 4.77 Å². The van der Waals surface area contributed by atoms with Gasteiger partial charge in [0.15, 0.2) is 16.9 Å². The van der Waals surface area contributed by atoms with Crippen LogP contribution in [0.5, 0.6) is 0 Å². The fraction of sp³-hybridized carbons (Fsp3) is 0.400. The SMILES string of the molecule is O=C(Cn1c(-c2ccc(Cl)cc2)n[nH]c1=S)NOC1CCCCO1. The molecule has 2 heterocycles. The van der Waals surface area contributed by atoms with Gasteiger partial charge < -0.3 is 4.74 Å². The lowest BCUT2D eigenvalue weighted by Gasteiger charge is -2.22. The number of nitrogens with one attached hydrogen (secondary N) is 2. The second-order valence-corrected chi connectivity index (χ2v) is 6.21. The molecule has 1 saturated heterocycles. The number of aromatic nitrogens is 3. The van der Waals surface area contributed by atoms with Gasteiger partial charge in [-0.05, 0) is 49.3 Å². The van der Waals surface area contributed by atoms with Gasteiger partial charge in [-0.3, -0.25) is 14.5 Å². The molecule has 0 saturated carbocycles. The number of benzene rings is 1. The van der Waals surface area contributed by atoms with Crippen LogP contribution in [0.3, 0.4) is 0 Å². The quantitative estimate of drug-likeness (QED) is 0.626. The fourth-order valence-corrected chi connectivity index (χ4v) is 2.72. The number of carbonyl (C=O) groups is 1. The lowest BCUT2D eigenvalue weighted by Crippen LogP contribution is -2.35. The average molecular weight is 369 g/mol. The van der Waals surface area contributed by atoms with Crippen molar-refractivity contribution < 1.29 is 14.4 Å². The van der Waals surface area contributed by atoms with E-state index in [0.717, 1.165) is 24.8 Å². The van der Waals surface area contributed by atoms with Crippen molar-refractivity contribution in [3.8, 4) is 11.4 Å². The third-order valence-corrected chi connectivity index (χ3v) is 4.17. The molecule has 0 aliphatic carbocycles. The Morgan fingerprint density at radius 2 is 2.25 bits per heavy atom. The van der Waals surface area contributed by atoms with Crippen LogP contribution in [-0.2, 0) is 20.9 Å². The van der Waals surface area contributed by atoms with E-state index in [9.17, 15) is 4.79 Å². The number of nitrogens with zero attached hydrogens (tertiary/aromatic N) is 2. The van der Waals surface area contributed by atoms with E-state index < -0.39 is 6.29 Å². The summed E-state index contributed by atoms with van der Waals surface area (Å²) in [6.07, 6.45) is 2.41. The highest BCUT2D eigenvalue weighted by atomic mass is 35.5. The Labute approximate surface area is 148 Å². The monoisotopic (exact) mass is 368 g/mol. The molecule has 0 bridgehead atoms. The Bertz CT molecular complexity index is 753. The van der Waals surface area contributed by atoms with Gasteiger partial charge >= 0.3 is 0 Å². The van der Waals surface area contributed by atoms with Crippen LogP contribution in [0.2, 0.25) is 5.02 Å². The van der Waals surface area contributed by atoms with E-state index >= 15 is 0 Å². The van der Waals surface area contributed by atoms with Crippen LogP contribution in [0.1, 0.15) is 19.3 Å². The lowest BCUT2D eigenvalue weighted by atomic mass is 10.2. The van der Waals surface area contributed by atoms with Gasteiger partial charge in [0.2, 0.25) is 0 Å². The van der Waals surface area contributed by atoms with Gasteiger partial charge in [0.1, 0.15) is 6.54 Å². The molecule has 1 atom stereocenters. The van der Waals surface area contributed by atoms with Crippen LogP contribution in [0.15, 0.2) is 24.3 Å². The molecule has 0 radical (unpaired) electrons. The Morgan fingerprint density at radius 3 is 2.96 bits per heavy atom. The topological polar surface area (TPSA) is 81.2 Å². The Hall–Kier alpha value is -1.74. The maximum Gasteiger partial charge on any atom is 0.263 e. The van der Waals surface area contributed by atoms with Gasteiger partial charge in [-0.2, -0.15) is 5.10 Å². The summed E-state index contributed by atoms with van der Waals surface area (Å²) >= 11 is 11.1. The minimum atomic E-state index is -0.393. The van der Waals surface area contributed by atoms with Crippen molar-refractivity contribution in [1.29, 1.82) is 0 Å². The molecule has 128 valence electrons. The first kappa shape index (κ1) is 17.1. The Balaban J connectivity index is 1.66. The number of aromatic amines is 1. The normalized spacial score (nSPS) is 17.6. The number of hydroxylamine groups is 1. The van der Waals surface area contributed by atoms with Gasteiger partial charge in [0, 0.05) is 23.6 Å². The first-order chi connectivity index (χ1) is 11.6. The molecular formula is C15H17ClN4O3S. The van der Waals surface area contributed by atoms with Crippen molar-refractivity contribution in [2.45, 2.75) is 32.1 Å². The van der Waals surface area contributed by atoms with E-state index in [1.54, 1.807) is 16.7 Å². The molecule has 7 nitrogen and oxygen atoms in total. The molecule has 1 unspecified atom stereocenters. The summed E-state index contributed by atoms with van der Waals surface area (Å²) in [6, 6.07) is 7.13. The number of rotatable bonds is 5. The predicted octanol–water partition coefficient (Wildman–Crippen LogP) is 2.84. The van der Waals surface area contributed by atoms with Crippen LogP contribution >= 0.6 is 23.8 Å². The zero-order chi connectivity index (χ0) is 16.9. The Kier molecular flexibility index (Phi) is 5.62. The third kappa shape index (κ3) is 4.21. The number of amides is 1. The van der Waals surface area contributed by atoms with E-state index in [0.29, 0.717) is 22.2 Å². The van der Waals surface area contributed by atoms with Crippen molar-refractivity contribution in [2.75, 3.05) is 6.61 Å². The van der Waals surface area contributed by atoms with E-state index in [4.69, 9.17) is 33.4 Å². The maximum atomic E-state index is 12.1. The van der Waals surface area contributed by atoms with Crippen molar-refractivity contribution in [3.05, 3.63) is 34.1 Å². The predicted molar refractivity (Wildman–Crippen MR) is 90.7 cm³/mol. The molecular weight excluding hydrogens is 352 g/mol. The zero-order valence-electron chi connectivity index (χ0n) is 12.8. The second-order valence-electron chi connectivity index (χ2n) is 5.38. The first-order valence-electron chi connectivity index (χ1n) is 7.61. The Morgan fingerprint density at radius 1 is 1.46 bits per heavy atom.